The lowest BCUT2D eigenvalue weighted by molar-refractivity contribution is 0.194. The molecule has 0 spiro atoms. The van der Waals surface area contributed by atoms with E-state index in [1.165, 1.54) is 51.4 Å². The van der Waals surface area contributed by atoms with E-state index in [0.29, 0.717) is 30.3 Å². The molecular formula is C22H36N8O2. The molecule has 1 amide bonds. The van der Waals surface area contributed by atoms with Gasteiger partial charge in [-0.15, -0.1) is 0 Å². The molecule has 2 aliphatic rings. The van der Waals surface area contributed by atoms with Gasteiger partial charge in [-0.05, 0) is 52.3 Å². The van der Waals surface area contributed by atoms with Crippen molar-refractivity contribution < 1.29 is 9.90 Å². The van der Waals surface area contributed by atoms with Gasteiger partial charge in [-0.3, -0.25) is 4.90 Å². The topological polar surface area (TPSA) is 132 Å². The third-order valence-corrected chi connectivity index (χ3v) is 6.70. The highest BCUT2D eigenvalue weighted by molar-refractivity contribution is 6.01. The molecule has 2 aliphatic carbocycles. The number of hydrogen-bond acceptors (Lipinski definition) is 7. The van der Waals surface area contributed by atoms with Gasteiger partial charge in [0.05, 0.1) is 6.67 Å². The van der Waals surface area contributed by atoms with E-state index in [2.05, 4.69) is 55.8 Å². The average molecular weight is 445 g/mol. The Morgan fingerprint density at radius 1 is 1.22 bits per heavy atom. The molecule has 3 rings (SSSR count). The predicted octanol–water partition coefficient (Wildman–Crippen LogP) is 3.45. The third kappa shape index (κ3) is 5.73. The summed E-state index contributed by atoms with van der Waals surface area (Å²) in [5.41, 5.74) is 6.58. The van der Waals surface area contributed by atoms with Gasteiger partial charge in [0.15, 0.2) is 23.3 Å². The maximum absolute atomic E-state index is 11.0. The molecule has 10 nitrogen and oxygen atoms in total. The Morgan fingerprint density at radius 2 is 1.91 bits per heavy atom. The SMILES string of the molecule is C=Nc1nc(/C(N)=N/C(=O)O)nc(N[C@H](C)C2CCC2)c1N(C)CN(C)C1CCCCC1. The van der Waals surface area contributed by atoms with Crippen molar-refractivity contribution >= 4 is 36.0 Å². The van der Waals surface area contributed by atoms with Gasteiger partial charge in [-0.1, -0.05) is 25.7 Å². The van der Waals surface area contributed by atoms with Crippen molar-refractivity contribution in [1.82, 2.24) is 14.9 Å². The van der Waals surface area contributed by atoms with Crippen LogP contribution in [0.2, 0.25) is 0 Å². The summed E-state index contributed by atoms with van der Waals surface area (Å²) in [5.74, 6) is 1.24. The minimum Gasteiger partial charge on any atom is -0.463 e. The lowest BCUT2D eigenvalue weighted by Crippen LogP contribution is -2.41. The fourth-order valence-corrected chi connectivity index (χ4v) is 4.59. The number of amides is 1. The van der Waals surface area contributed by atoms with Crippen molar-refractivity contribution in [1.29, 1.82) is 0 Å². The lowest BCUT2D eigenvalue weighted by Gasteiger charge is -2.36. The van der Waals surface area contributed by atoms with Crippen LogP contribution in [0.4, 0.5) is 22.1 Å². The monoisotopic (exact) mass is 444 g/mol. The number of carbonyl (C=O) groups is 1. The first-order chi connectivity index (χ1) is 15.3. The molecular weight excluding hydrogens is 408 g/mol. The standard InChI is InChI=1S/C22H36N8O2/c1-14(15-9-8-10-15)25-20-17(30(4)13-29(3)16-11-6-5-7-12-16)19(24-2)27-21(28-20)18(23)26-22(31)32/h14-16H,2,5-13H2,1,3-4H3,(H2,23,26)(H,31,32)(H,25,27,28)/t14-/m1/s1. The summed E-state index contributed by atoms with van der Waals surface area (Å²) in [6.07, 6.45) is 8.46. The van der Waals surface area contributed by atoms with Crippen molar-refractivity contribution in [3.63, 3.8) is 0 Å². The third-order valence-electron chi connectivity index (χ3n) is 6.70. The summed E-state index contributed by atoms with van der Waals surface area (Å²) < 4.78 is 0. The Hall–Kier alpha value is -2.75. The van der Waals surface area contributed by atoms with Gasteiger partial charge < -0.3 is 21.1 Å². The first-order valence-electron chi connectivity index (χ1n) is 11.4. The lowest BCUT2D eigenvalue weighted by atomic mass is 9.80. The number of hydrogen-bond donors (Lipinski definition) is 3. The second-order valence-corrected chi connectivity index (χ2v) is 9.02. The van der Waals surface area contributed by atoms with Crippen LogP contribution in [0.1, 0.15) is 64.1 Å². The molecule has 0 unspecified atom stereocenters. The van der Waals surface area contributed by atoms with E-state index in [4.69, 9.17) is 10.8 Å². The summed E-state index contributed by atoms with van der Waals surface area (Å²) in [7, 11) is 4.13. The summed E-state index contributed by atoms with van der Waals surface area (Å²) in [5, 5.41) is 12.5. The fraction of sp³-hybridized carbons (Fsp3) is 0.682. The molecule has 2 fully saturated rings. The fourth-order valence-electron chi connectivity index (χ4n) is 4.59. The molecule has 1 atom stereocenters. The van der Waals surface area contributed by atoms with Gasteiger partial charge in [0.1, 0.15) is 5.69 Å². The van der Waals surface area contributed by atoms with Crippen molar-refractivity contribution in [2.75, 3.05) is 31.0 Å². The maximum atomic E-state index is 11.0. The number of aromatic nitrogens is 2. The number of carboxylic acid groups (broad SMARTS) is 1. The first kappa shape index (κ1) is 23.9. The molecule has 0 saturated heterocycles. The van der Waals surface area contributed by atoms with Gasteiger partial charge in [0.25, 0.3) is 0 Å². The van der Waals surface area contributed by atoms with Crippen molar-refractivity contribution in [2.45, 2.75) is 70.4 Å². The second-order valence-electron chi connectivity index (χ2n) is 9.02. The number of nitrogens with zero attached hydrogens (tertiary/aromatic N) is 6. The molecule has 0 aromatic carbocycles. The maximum Gasteiger partial charge on any atom is 0.433 e. The zero-order chi connectivity index (χ0) is 23.3. The molecule has 0 bridgehead atoms. The van der Waals surface area contributed by atoms with Gasteiger partial charge in [0, 0.05) is 19.1 Å². The Bertz CT molecular complexity index is 849. The molecule has 176 valence electrons. The zero-order valence-corrected chi connectivity index (χ0v) is 19.4. The Balaban J connectivity index is 1.93. The summed E-state index contributed by atoms with van der Waals surface area (Å²) in [6.45, 7) is 6.50. The second kappa shape index (κ2) is 10.7. The van der Waals surface area contributed by atoms with Crippen LogP contribution < -0.4 is 16.0 Å². The first-order valence-corrected chi connectivity index (χ1v) is 11.4. The number of aliphatic imine (C=N–C) groups is 2. The molecule has 32 heavy (non-hydrogen) atoms. The highest BCUT2D eigenvalue weighted by Gasteiger charge is 2.28. The Labute approximate surface area is 190 Å². The summed E-state index contributed by atoms with van der Waals surface area (Å²) >= 11 is 0. The van der Waals surface area contributed by atoms with Gasteiger partial charge in [-0.25, -0.2) is 19.8 Å². The van der Waals surface area contributed by atoms with Crippen LogP contribution in [-0.2, 0) is 0 Å². The summed E-state index contributed by atoms with van der Waals surface area (Å²) in [6, 6.07) is 0.750. The minimum absolute atomic E-state index is 0.0240. The van der Waals surface area contributed by atoms with E-state index in [0.717, 1.165) is 5.69 Å². The van der Waals surface area contributed by atoms with Crippen LogP contribution in [0.15, 0.2) is 9.98 Å². The molecule has 1 aromatic rings. The molecule has 0 radical (unpaired) electrons. The predicted molar refractivity (Wildman–Crippen MR) is 128 cm³/mol. The smallest absolute Gasteiger partial charge is 0.433 e. The largest absolute Gasteiger partial charge is 0.463 e. The quantitative estimate of drug-likeness (QED) is 0.300. The van der Waals surface area contributed by atoms with Crippen molar-refractivity contribution in [3.8, 4) is 0 Å². The number of nitrogens with one attached hydrogen (secondary N) is 1. The van der Waals surface area contributed by atoms with E-state index < -0.39 is 6.09 Å². The highest BCUT2D eigenvalue weighted by Crippen LogP contribution is 2.37. The highest BCUT2D eigenvalue weighted by atomic mass is 16.4. The van der Waals surface area contributed by atoms with E-state index in [1.807, 2.05) is 7.05 Å². The van der Waals surface area contributed by atoms with Crippen LogP contribution in [-0.4, -0.2) is 71.5 Å². The number of amidine groups is 1. The van der Waals surface area contributed by atoms with Gasteiger partial charge in [-0.2, -0.15) is 4.99 Å². The van der Waals surface area contributed by atoms with Crippen LogP contribution in [0.25, 0.3) is 0 Å². The van der Waals surface area contributed by atoms with E-state index >= 15 is 0 Å². The molecule has 10 heteroatoms. The van der Waals surface area contributed by atoms with E-state index in [9.17, 15) is 4.79 Å². The summed E-state index contributed by atoms with van der Waals surface area (Å²) in [4.78, 5) is 31.9. The number of anilines is 2. The number of nitrogens with two attached hydrogens (primary N) is 1. The van der Waals surface area contributed by atoms with Crippen LogP contribution in [0, 0.1) is 5.92 Å². The minimum atomic E-state index is -1.40. The molecule has 2 saturated carbocycles. The molecule has 4 N–H and O–H groups in total. The van der Waals surface area contributed by atoms with Crippen LogP contribution >= 0.6 is 0 Å². The van der Waals surface area contributed by atoms with Crippen LogP contribution in [0.5, 0.6) is 0 Å². The van der Waals surface area contributed by atoms with E-state index in [1.54, 1.807) is 0 Å². The zero-order valence-electron chi connectivity index (χ0n) is 19.4. The molecule has 1 heterocycles. The van der Waals surface area contributed by atoms with Crippen molar-refractivity contribution in [2.24, 2.45) is 21.6 Å². The Morgan fingerprint density at radius 3 is 2.47 bits per heavy atom. The average Bonchev–Trinajstić information content (AvgIpc) is 2.71. The normalized spacial score (nSPS) is 18.8. The Kier molecular flexibility index (Phi) is 8.00. The van der Waals surface area contributed by atoms with Crippen molar-refractivity contribution in [3.05, 3.63) is 5.82 Å². The van der Waals surface area contributed by atoms with Gasteiger partial charge in [0.2, 0.25) is 0 Å². The van der Waals surface area contributed by atoms with Gasteiger partial charge >= 0.3 is 6.09 Å². The molecule has 0 aliphatic heterocycles. The van der Waals surface area contributed by atoms with E-state index in [-0.39, 0.29) is 17.7 Å². The number of rotatable bonds is 9. The van der Waals surface area contributed by atoms with Crippen LogP contribution in [0.3, 0.4) is 0 Å². The molecule has 1 aromatic heterocycles.